The van der Waals surface area contributed by atoms with Gasteiger partial charge >= 0.3 is 0 Å². The maximum Gasteiger partial charge on any atom is 0.254 e. The molecule has 1 saturated heterocycles. The van der Waals surface area contributed by atoms with E-state index in [2.05, 4.69) is 53.1 Å². The van der Waals surface area contributed by atoms with Gasteiger partial charge < -0.3 is 14.7 Å². The third-order valence-electron chi connectivity index (χ3n) is 8.30. The van der Waals surface area contributed by atoms with Crippen molar-refractivity contribution in [1.82, 2.24) is 9.80 Å². The van der Waals surface area contributed by atoms with Crippen LogP contribution in [0.5, 0.6) is 0 Å². The lowest BCUT2D eigenvalue weighted by atomic mass is 10.0. The molecule has 216 valence electrons. The highest BCUT2D eigenvalue weighted by Crippen LogP contribution is 2.29. The van der Waals surface area contributed by atoms with Gasteiger partial charge in [-0.2, -0.15) is 0 Å². The highest BCUT2D eigenvalue weighted by Gasteiger charge is 2.25. The summed E-state index contributed by atoms with van der Waals surface area (Å²) in [5.41, 5.74) is 6.01. The molecule has 2 amide bonds. The van der Waals surface area contributed by atoms with Crippen molar-refractivity contribution >= 4 is 34.8 Å². The summed E-state index contributed by atoms with van der Waals surface area (Å²) in [6, 6.07) is 22.2. The number of anilines is 2. The summed E-state index contributed by atoms with van der Waals surface area (Å²) in [5.74, 6) is -0.00696. The van der Waals surface area contributed by atoms with Crippen LogP contribution in [0, 0.1) is 6.92 Å². The molecular weight excluding hydrogens is 532 g/mol. The molecule has 0 spiro atoms. The maximum atomic E-state index is 14.2. The predicted octanol–water partition coefficient (Wildman–Crippen LogP) is 6.54. The van der Waals surface area contributed by atoms with Gasteiger partial charge in [-0.15, -0.1) is 0 Å². The van der Waals surface area contributed by atoms with Crippen LogP contribution in [-0.4, -0.2) is 60.9 Å². The summed E-state index contributed by atoms with van der Waals surface area (Å²) in [6.45, 7) is 9.72. The second-order valence-electron chi connectivity index (χ2n) is 11.3. The van der Waals surface area contributed by atoms with Crippen molar-refractivity contribution in [1.29, 1.82) is 0 Å². The van der Waals surface area contributed by atoms with E-state index in [9.17, 15) is 9.59 Å². The molecule has 3 aromatic rings. The summed E-state index contributed by atoms with van der Waals surface area (Å²) in [7, 11) is 0. The van der Waals surface area contributed by atoms with E-state index in [-0.39, 0.29) is 11.8 Å². The molecule has 41 heavy (non-hydrogen) atoms. The van der Waals surface area contributed by atoms with Crippen LogP contribution >= 0.6 is 11.6 Å². The molecule has 3 aromatic carbocycles. The van der Waals surface area contributed by atoms with Crippen LogP contribution in [0.2, 0.25) is 5.02 Å². The Hall–Kier alpha value is -3.35. The van der Waals surface area contributed by atoms with Gasteiger partial charge in [-0.05, 0) is 79.6 Å². The number of nitrogens with zero attached hydrogens (tertiary/aromatic N) is 4. The zero-order chi connectivity index (χ0) is 28.8. The van der Waals surface area contributed by atoms with E-state index in [0.717, 1.165) is 56.1 Å². The number of rotatable bonds is 4. The average Bonchev–Trinajstić information content (AvgIpc) is 3.01. The standard InChI is InChI=1S/C34H41ClN4O2/c1-26-12-13-29(23-33(26)37-17-7-4-8-18-37)34(41)38-21-20-36(24-28-10-5-3-6-11-28)16-9-19-39(27(2)40)32-15-14-31(35)22-30(32)25-38/h3,5-6,10-15,22-23H,4,7-9,16-21,24-25H2,1-2H3. The Kier molecular flexibility index (Phi) is 9.63. The predicted molar refractivity (Wildman–Crippen MR) is 168 cm³/mol. The summed E-state index contributed by atoms with van der Waals surface area (Å²) in [4.78, 5) is 35.6. The van der Waals surface area contributed by atoms with Crippen molar-refractivity contribution < 1.29 is 9.59 Å². The third-order valence-corrected chi connectivity index (χ3v) is 8.54. The van der Waals surface area contributed by atoms with E-state index < -0.39 is 0 Å². The number of benzene rings is 3. The van der Waals surface area contributed by atoms with Crippen LogP contribution in [0.3, 0.4) is 0 Å². The average molecular weight is 573 g/mol. The molecule has 0 aromatic heterocycles. The molecule has 0 radical (unpaired) electrons. The molecule has 2 heterocycles. The minimum absolute atomic E-state index is 0.00229. The number of amides is 2. The van der Waals surface area contributed by atoms with Crippen LogP contribution in [0.4, 0.5) is 11.4 Å². The Morgan fingerprint density at radius 2 is 1.56 bits per heavy atom. The van der Waals surface area contributed by atoms with Crippen LogP contribution in [0.25, 0.3) is 0 Å². The first-order chi connectivity index (χ1) is 19.9. The number of carbonyl (C=O) groups excluding carboxylic acids is 2. The largest absolute Gasteiger partial charge is 0.371 e. The first-order valence-electron chi connectivity index (χ1n) is 14.9. The van der Waals surface area contributed by atoms with Gasteiger partial charge in [0, 0.05) is 81.2 Å². The van der Waals surface area contributed by atoms with E-state index in [4.69, 9.17) is 11.6 Å². The van der Waals surface area contributed by atoms with Gasteiger partial charge in [-0.1, -0.05) is 48.0 Å². The van der Waals surface area contributed by atoms with Crippen molar-refractivity contribution in [3.05, 3.63) is 94.0 Å². The molecule has 0 unspecified atom stereocenters. The Morgan fingerprint density at radius 1 is 0.780 bits per heavy atom. The van der Waals surface area contributed by atoms with Gasteiger partial charge in [-0.25, -0.2) is 0 Å². The fourth-order valence-electron chi connectivity index (χ4n) is 6.08. The number of halogens is 1. The minimum Gasteiger partial charge on any atom is -0.371 e. The van der Waals surface area contributed by atoms with Gasteiger partial charge in [0.2, 0.25) is 5.91 Å². The van der Waals surface area contributed by atoms with Gasteiger partial charge in [0.05, 0.1) is 0 Å². The van der Waals surface area contributed by atoms with Crippen LogP contribution in [-0.2, 0) is 17.9 Å². The molecule has 0 bridgehead atoms. The molecular formula is C34H41ClN4O2. The second-order valence-corrected chi connectivity index (χ2v) is 11.8. The maximum absolute atomic E-state index is 14.2. The highest BCUT2D eigenvalue weighted by molar-refractivity contribution is 6.30. The topological polar surface area (TPSA) is 47.1 Å². The molecule has 2 aliphatic heterocycles. The monoisotopic (exact) mass is 572 g/mol. The van der Waals surface area contributed by atoms with E-state index in [1.165, 1.54) is 30.4 Å². The number of piperidine rings is 1. The summed E-state index contributed by atoms with van der Waals surface area (Å²) in [5, 5.41) is 0.600. The molecule has 0 aliphatic carbocycles. The van der Waals surface area contributed by atoms with Crippen molar-refractivity contribution in [2.45, 2.75) is 52.6 Å². The normalized spacial score (nSPS) is 17.1. The summed E-state index contributed by atoms with van der Waals surface area (Å²) >= 11 is 6.46. The first kappa shape index (κ1) is 29.2. The molecule has 0 atom stereocenters. The van der Waals surface area contributed by atoms with E-state index >= 15 is 0 Å². The number of carbonyl (C=O) groups is 2. The van der Waals surface area contributed by atoms with Gasteiger partial charge in [0.1, 0.15) is 0 Å². The molecule has 2 aliphatic rings. The second kappa shape index (κ2) is 13.5. The molecule has 0 N–H and O–H groups in total. The Balaban J connectivity index is 1.48. The molecule has 1 fully saturated rings. The van der Waals surface area contributed by atoms with Crippen molar-refractivity contribution in [2.24, 2.45) is 0 Å². The van der Waals surface area contributed by atoms with Gasteiger partial charge in [0.25, 0.3) is 5.91 Å². The Labute approximate surface area is 249 Å². The fraction of sp³-hybridized carbons (Fsp3) is 0.412. The summed E-state index contributed by atoms with van der Waals surface area (Å²) < 4.78 is 0. The molecule has 7 heteroatoms. The SMILES string of the molecule is CC(=O)N1CCCN(Cc2ccccc2)CCN(C(=O)c2ccc(C)c(N3CCCCC3)c2)Cc2cc(Cl)ccc21. The smallest absolute Gasteiger partial charge is 0.254 e. The minimum atomic E-state index is -0.00925. The van der Waals surface area contributed by atoms with Crippen LogP contribution in [0.15, 0.2) is 66.7 Å². The number of aryl methyl sites for hydroxylation is 1. The Morgan fingerprint density at radius 3 is 2.32 bits per heavy atom. The molecule has 6 nitrogen and oxygen atoms in total. The molecule has 5 rings (SSSR count). The van der Waals surface area contributed by atoms with Gasteiger partial charge in [0.15, 0.2) is 0 Å². The quantitative estimate of drug-likeness (QED) is 0.356. The number of fused-ring (bicyclic) bond motifs is 1. The lowest BCUT2D eigenvalue weighted by molar-refractivity contribution is -0.116. The number of hydrogen-bond donors (Lipinski definition) is 0. The fourth-order valence-corrected chi connectivity index (χ4v) is 6.27. The zero-order valence-corrected chi connectivity index (χ0v) is 25.1. The highest BCUT2D eigenvalue weighted by atomic mass is 35.5. The van der Waals surface area contributed by atoms with E-state index in [0.29, 0.717) is 30.2 Å². The van der Waals surface area contributed by atoms with Crippen LogP contribution < -0.4 is 9.80 Å². The lowest BCUT2D eigenvalue weighted by Gasteiger charge is -2.31. The van der Waals surface area contributed by atoms with Crippen molar-refractivity contribution in [2.75, 3.05) is 49.1 Å². The van der Waals surface area contributed by atoms with Crippen molar-refractivity contribution in [3.8, 4) is 0 Å². The first-order valence-corrected chi connectivity index (χ1v) is 15.2. The number of hydrogen-bond acceptors (Lipinski definition) is 4. The third kappa shape index (κ3) is 7.30. The van der Waals surface area contributed by atoms with E-state index in [1.807, 2.05) is 40.1 Å². The van der Waals surface area contributed by atoms with E-state index in [1.54, 1.807) is 6.92 Å². The Bertz CT molecular complexity index is 1360. The zero-order valence-electron chi connectivity index (χ0n) is 24.3. The summed E-state index contributed by atoms with van der Waals surface area (Å²) in [6.07, 6.45) is 4.47. The molecule has 0 saturated carbocycles. The van der Waals surface area contributed by atoms with Crippen molar-refractivity contribution in [3.63, 3.8) is 0 Å². The lowest BCUT2D eigenvalue weighted by Crippen LogP contribution is -2.38. The van der Waals surface area contributed by atoms with Crippen LogP contribution in [0.1, 0.15) is 59.7 Å². The van der Waals surface area contributed by atoms with Gasteiger partial charge in [-0.3, -0.25) is 14.5 Å².